The highest BCUT2D eigenvalue weighted by atomic mass is 16.2. The lowest BCUT2D eigenvalue weighted by Crippen LogP contribution is -2.33. The molecular formula is C12H14N6O. The van der Waals surface area contributed by atoms with Crippen LogP contribution < -0.4 is 5.73 Å². The first kappa shape index (κ1) is 11.6. The van der Waals surface area contributed by atoms with Gasteiger partial charge in [0.25, 0.3) is 5.91 Å². The normalized spacial score (nSPS) is 14.3. The number of nitrogens with one attached hydrogen (secondary N) is 1. The second-order valence-corrected chi connectivity index (χ2v) is 4.57. The van der Waals surface area contributed by atoms with E-state index in [9.17, 15) is 4.79 Å². The third kappa shape index (κ3) is 2.54. The molecule has 0 saturated heterocycles. The van der Waals surface area contributed by atoms with Gasteiger partial charge in [-0.25, -0.2) is 0 Å². The molecule has 7 heteroatoms. The zero-order chi connectivity index (χ0) is 13.2. The van der Waals surface area contributed by atoms with Crippen LogP contribution >= 0.6 is 0 Å². The number of nitrogens with zero attached hydrogens (tertiary/aromatic N) is 4. The first-order chi connectivity index (χ1) is 9.24. The number of nitrogen functional groups attached to an aromatic ring is 1. The number of aromatic nitrogens is 4. The number of nitrogens with two attached hydrogens (primary N) is 1. The Kier molecular flexibility index (Phi) is 2.86. The largest absolute Gasteiger partial charge is 0.366 e. The smallest absolute Gasteiger partial charge is 0.291 e. The number of carbonyl (C=O) groups is 1. The van der Waals surface area contributed by atoms with Gasteiger partial charge < -0.3 is 10.6 Å². The minimum Gasteiger partial charge on any atom is -0.366 e. The van der Waals surface area contributed by atoms with E-state index in [2.05, 4.69) is 20.2 Å². The number of hydrogen-bond donors (Lipinski definition) is 2. The second-order valence-electron chi connectivity index (χ2n) is 4.57. The molecule has 98 valence electrons. The van der Waals surface area contributed by atoms with E-state index in [-0.39, 0.29) is 23.7 Å². The molecule has 19 heavy (non-hydrogen) atoms. The molecule has 1 amide bonds. The Morgan fingerprint density at radius 1 is 1.53 bits per heavy atom. The van der Waals surface area contributed by atoms with Crippen molar-refractivity contribution in [2.75, 3.05) is 5.73 Å². The summed E-state index contributed by atoms with van der Waals surface area (Å²) in [6.45, 7) is 0.526. The van der Waals surface area contributed by atoms with Crippen LogP contribution in [-0.4, -0.2) is 37.0 Å². The molecule has 7 nitrogen and oxygen atoms in total. The third-order valence-electron chi connectivity index (χ3n) is 3.03. The van der Waals surface area contributed by atoms with Crippen LogP contribution in [0.2, 0.25) is 0 Å². The van der Waals surface area contributed by atoms with Gasteiger partial charge in [0.1, 0.15) is 0 Å². The molecular weight excluding hydrogens is 244 g/mol. The number of hydrogen-bond acceptors (Lipinski definition) is 5. The number of anilines is 1. The first-order valence-electron chi connectivity index (χ1n) is 6.12. The molecule has 3 N–H and O–H groups in total. The third-order valence-corrected chi connectivity index (χ3v) is 3.03. The standard InChI is InChI=1S/C12H14N6O/c13-12-15-10(16-17-12)11(19)18(9-3-4-9)7-8-2-1-5-14-6-8/h1-2,5-6,9H,3-4,7H2,(H3,13,15,16,17). The van der Waals surface area contributed by atoms with E-state index < -0.39 is 0 Å². The van der Waals surface area contributed by atoms with Crippen molar-refractivity contribution in [1.82, 2.24) is 25.1 Å². The van der Waals surface area contributed by atoms with Gasteiger partial charge in [-0.3, -0.25) is 14.9 Å². The maximum Gasteiger partial charge on any atom is 0.291 e. The van der Waals surface area contributed by atoms with Gasteiger partial charge in [0.15, 0.2) is 0 Å². The molecule has 0 unspecified atom stereocenters. The van der Waals surface area contributed by atoms with Crippen LogP contribution in [0.3, 0.4) is 0 Å². The first-order valence-corrected chi connectivity index (χ1v) is 6.12. The van der Waals surface area contributed by atoms with Crippen molar-refractivity contribution < 1.29 is 4.79 Å². The van der Waals surface area contributed by atoms with E-state index in [1.807, 2.05) is 12.1 Å². The molecule has 0 bridgehead atoms. The Hall–Kier alpha value is -2.44. The minimum atomic E-state index is -0.171. The fraction of sp³-hybridized carbons (Fsp3) is 0.333. The highest BCUT2D eigenvalue weighted by molar-refractivity contribution is 5.91. The maximum absolute atomic E-state index is 12.4. The van der Waals surface area contributed by atoms with Crippen molar-refractivity contribution in [1.29, 1.82) is 0 Å². The molecule has 2 aromatic heterocycles. The van der Waals surface area contributed by atoms with Crippen molar-refractivity contribution in [3.05, 3.63) is 35.9 Å². The van der Waals surface area contributed by atoms with Gasteiger partial charge in [0.05, 0.1) is 0 Å². The van der Waals surface area contributed by atoms with Gasteiger partial charge in [-0.2, -0.15) is 4.98 Å². The van der Waals surface area contributed by atoms with E-state index in [1.165, 1.54) is 0 Å². The van der Waals surface area contributed by atoms with Gasteiger partial charge in [-0.05, 0) is 24.5 Å². The number of carbonyl (C=O) groups excluding carboxylic acids is 1. The van der Waals surface area contributed by atoms with E-state index in [0.29, 0.717) is 6.54 Å². The number of amides is 1. The summed E-state index contributed by atoms with van der Waals surface area (Å²) in [5.74, 6) is 0.101. The monoisotopic (exact) mass is 258 g/mol. The molecule has 0 aliphatic heterocycles. The van der Waals surface area contributed by atoms with Crippen molar-refractivity contribution in [3.8, 4) is 0 Å². The molecule has 0 spiro atoms. The van der Waals surface area contributed by atoms with Crippen molar-refractivity contribution in [2.24, 2.45) is 0 Å². The Labute approximate surface area is 109 Å². The van der Waals surface area contributed by atoms with Gasteiger partial charge in [0, 0.05) is 25.0 Å². The summed E-state index contributed by atoms with van der Waals surface area (Å²) in [4.78, 5) is 22.1. The van der Waals surface area contributed by atoms with Crippen molar-refractivity contribution in [2.45, 2.75) is 25.4 Å². The van der Waals surface area contributed by atoms with Gasteiger partial charge in [0.2, 0.25) is 11.8 Å². The molecule has 1 fully saturated rings. The Bertz CT molecular complexity index is 577. The fourth-order valence-corrected chi connectivity index (χ4v) is 1.95. The van der Waals surface area contributed by atoms with Crippen LogP contribution in [0, 0.1) is 0 Å². The van der Waals surface area contributed by atoms with Crippen LogP contribution in [0.5, 0.6) is 0 Å². The Morgan fingerprint density at radius 2 is 2.37 bits per heavy atom. The molecule has 2 heterocycles. The van der Waals surface area contributed by atoms with Crippen LogP contribution in [0.4, 0.5) is 5.95 Å². The SMILES string of the molecule is Nc1n[nH]c(C(=O)N(Cc2cccnc2)C2CC2)n1. The average molecular weight is 258 g/mol. The van der Waals surface area contributed by atoms with Crippen LogP contribution in [0.25, 0.3) is 0 Å². The summed E-state index contributed by atoms with van der Waals surface area (Å²) in [6, 6.07) is 4.08. The Balaban J connectivity index is 1.79. The Morgan fingerprint density at radius 3 is 2.95 bits per heavy atom. The summed E-state index contributed by atoms with van der Waals surface area (Å²) in [6.07, 6.45) is 5.52. The van der Waals surface area contributed by atoms with Crippen molar-refractivity contribution >= 4 is 11.9 Å². The summed E-state index contributed by atoms with van der Waals surface area (Å²) in [5, 5.41) is 6.25. The predicted molar refractivity (Wildman–Crippen MR) is 67.9 cm³/mol. The number of pyridine rings is 1. The quantitative estimate of drug-likeness (QED) is 0.835. The van der Waals surface area contributed by atoms with Crippen LogP contribution in [-0.2, 0) is 6.54 Å². The summed E-state index contributed by atoms with van der Waals surface area (Å²) in [5.41, 5.74) is 6.42. The van der Waals surface area contributed by atoms with Crippen LogP contribution in [0.15, 0.2) is 24.5 Å². The summed E-state index contributed by atoms with van der Waals surface area (Å²) in [7, 11) is 0. The van der Waals surface area contributed by atoms with E-state index in [4.69, 9.17) is 5.73 Å². The zero-order valence-electron chi connectivity index (χ0n) is 10.3. The lowest BCUT2D eigenvalue weighted by atomic mass is 10.2. The highest BCUT2D eigenvalue weighted by Crippen LogP contribution is 2.29. The molecule has 1 aliphatic rings. The topological polar surface area (TPSA) is 101 Å². The minimum absolute atomic E-state index is 0.0838. The highest BCUT2D eigenvalue weighted by Gasteiger charge is 2.34. The molecule has 1 aliphatic carbocycles. The van der Waals surface area contributed by atoms with Crippen molar-refractivity contribution in [3.63, 3.8) is 0 Å². The van der Waals surface area contributed by atoms with E-state index in [0.717, 1.165) is 18.4 Å². The van der Waals surface area contributed by atoms with Gasteiger partial charge >= 0.3 is 0 Å². The predicted octanol–water partition coefficient (Wildman–Crippen LogP) is 0.587. The number of H-pyrrole nitrogens is 1. The molecule has 2 aromatic rings. The number of rotatable bonds is 4. The molecule has 0 atom stereocenters. The maximum atomic E-state index is 12.4. The van der Waals surface area contributed by atoms with E-state index >= 15 is 0 Å². The van der Waals surface area contributed by atoms with Gasteiger partial charge in [-0.15, -0.1) is 5.10 Å². The average Bonchev–Trinajstić information content (AvgIpc) is 3.18. The lowest BCUT2D eigenvalue weighted by Gasteiger charge is -2.20. The molecule has 0 aromatic carbocycles. The lowest BCUT2D eigenvalue weighted by molar-refractivity contribution is 0.0718. The summed E-state index contributed by atoms with van der Waals surface area (Å²) >= 11 is 0. The fourth-order valence-electron chi connectivity index (χ4n) is 1.95. The molecule has 0 radical (unpaired) electrons. The van der Waals surface area contributed by atoms with Gasteiger partial charge in [-0.1, -0.05) is 6.07 Å². The second kappa shape index (κ2) is 4.68. The summed E-state index contributed by atoms with van der Waals surface area (Å²) < 4.78 is 0. The van der Waals surface area contributed by atoms with E-state index in [1.54, 1.807) is 17.3 Å². The zero-order valence-corrected chi connectivity index (χ0v) is 10.3. The molecule has 1 saturated carbocycles. The number of aromatic amines is 1. The van der Waals surface area contributed by atoms with Crippen LogP contribution in [0.1, 0.15) is 29.0 Å². The molecule has 3 rings (SSSR count).